The van der Waals surface area contributed by atoms with Gasteiger partial charge >= 0.3 is 0 Å². The highest BCUT2D eigenvalue weighted by Crippen LogP contribution is 2.57. The lowest BCUT2D eigenvalue weighted by Crippen LogP contribution is -2.64. The van der Waals surface area contributed by atoms with Gasteiger partial charge in [0.05, 0.1) is 14.7 Å². The van der Waals surface area contributed by atoms with Crippen LogP contribution >= 0.6 is 11.6 Å². The number of piperazine rings is 1. The van der Waals surface area contributed by atoms with Crippen LogP contribution in [0.2, 0.25) is 5.02 Å². The summed E-state index contributed by atoms with van der Waals surface area (Å²) in [6, 6.07) is 11.6. The van der Waals surface area contributed by atoms with E-state index in [-0.39, 0.29) is 20.2 Å². The van der Waals surface area contributed by atoms with Gasteiger partial charge in [0.15, 0.2) is 0 Å². The van der Waals surface area contributed by atoms with E-state index in [0.29, 0.717) is 18.1 Å². The Balaban J connectivity index is 1.20. The van der Waals surface area contributed by atoms with Crippen molar-refractivity contribution in [2.75, 3.05) is 26.2 Å². The lowest BCUT2D eigenvalue weighted by molar-refractivity contribution is -0.0964. The van der Waals surface area contributed by atoms with Crippen LogP contribution in [0.5, 0.6) is 0 Å². The van der Waals surface area contributed by atoms with E-state index in [0.717, 1.165) is 30.8 Å². The van der Waals surface area contributed by atoms with E-state index in [9.17, 15) is 16.8 Å². The van der Waals surface area contributed by atoms with Gasteiger partial charge in [-0.3, -0.25) is 4.90 Å². The molecule has 35 heavy (non-hydrogen) atoms. The van der Waals surface area contributed by atoms with Gasteiger partial charge in [-0.25, -0.2) is 16.8 Å². The maximum atomic E-state index is 13.5. The highest BCUT2D eigenvalue weighted by Gasteiger charge is 2.54. The Kier molecular flexibility index (Phi) is 5.84. The van der Waals surface area contributed by atoms with Gasteiger partial charge in [0.25, 0.3) is 0 Å². The van der Waals surface area contributed by atoms with Crippen molar-refractivity contribution >= 4 is 31.5 Å². The number of rotatable bonds is 5. The van der Waals surface area contributed by atoms with Crippen LogP contribution in [-0.2, 0) is 19.9 Å². The molecule has 1 aliphatic heterocycles. The lowest BCUT2D eigenvalue weighted by atomic mass is 9.52. The fraction of sp³-hybridized carbons (Fsp3) is 0.538. The molecule has 0 aromatic heterocycles. The first-order valence-electron chi connectivity index (χ1n) is 12.5. The van der Waals surface area contributed by atoms with E-state index < -0.39 is 19.9 Å². The normalized spacial score (nSPS) is 31.6. The van der Waals surface area contributed by atoms with Gasteiger partial charge in [0, 0.05) is 36.7 Å². The van der Waals surface area contributed by atoms with Gasteiger partial charge < -0.3 is 0 Å². The summed E-state index contributed by atoms with van der Waals surface area (Å²) in [5.74, 6) is 2.56. The molecule has 0 radical (unpaired) electrons. The van der Waals surface area contributed by atoms with Crippen molar-refractivity contribution in [3.05, 3.63) is 53.6 Å². The second kappa shape index (κ2) is 8.55. The summed E-state index contributed by atoms with van der Waals surface area (Å²) in [6.07, 6.45) is 8.00. The molecule has 0 N–H and O–H groups in total. The van der Waals surface area contributed by atoms with Crippen LogP contribution in [-0.4, -0.2) is 57.8 Å². The van der Waals surface area contributed by atoms with Gasteiger partial charge in [-0.05, 0) is 98.7 Å². The van der Waals surface area contributed by atoms with Crippen molar-refractivity contribution in [2.24, 2.45) is 17.8 Å². The van der Waals surface area contributed by atoms with E-state index in [2.05, 4.69) is 4.90 Å². The average Bonchev–Trinajstić information content (AvgIpc) is 2.84. The van der Waals surface area contributed by atoms with E-state index in [1.54, 1.807) is 0 Å². The minimum Gasteiger partial charge on any atom is -0.295 e. The molecule has 7 rings (SSSR count). The summed E-state index contributed by atoms with van der Waals surface area (Å²) in [5.41, 5.74) is 0.275. The van der Waals surface area contributed by atoms with Gasteiger partial charge in [-0.15, -0.1) is 0 Å². The smallest absolute Gasteiger partial charge is 0.243 e. The Labute approximate surface area is 213 Å². The molecule has 1 saturated heterocycles. The summed E-state index contributed by atoms with van der Waals surface area (Å²) >= 11 is 5.89. The van der Waals surface area contributed by atoms with Gasteiger partial charge in [-0.1, -0.05) is 17.7 Å². The van der Waals surface area contributed by atoms with Crippen LogP contribution in [0.25, 0.3) is 0 Å². The lowest BCUT2D eigenvalue weighted by Gasteiger charge is -2.61. The molecule has 0 amide bonds. The summed E-state index contributed by atoms with van der Waals surface area (Å²) in [6.45, 7) is 2.37. The predicted octanol–water partition coefficient (Wildman–Crippen LogP) is 4.45. The molecule has 4 bridgehead atoms. The fourth-order valence-electron chi connectivity index (χ4n) is 7.56. The molecule has 9 heteroatoms. The molecule has 5 fully saturated rings. The molecule has 2 aromatic carbocycles. The third-order valence-corrected chi connectivity index (χ3v) is 12.7. The molecule has 4 aliphatic carbocycles. The van der Waals surface area contributed by atoms with Crippen LogP contribution in [0.4, 0.5) is 0 Å². The third-order valence-electron chi connectivity index (χ3n) is 8.79. The molecular formula is C26H31ClN2O4S2. The van der Waals surface area contributed by atoms with Gasteiger partial charge in [-0.2, -0.15) is 4.31 Å². The molecule has 6 nitrogen and oxygen atoms in total. The number of halogens is 1. The van der Waals surface area contributed by atoms with E-state index in [4.69, 9.17) is 11.6 Å². The topological polar surface area (TPSA) is 74.8 Å². The molecule has 4 saturated carbocycles. The maximum Gasteiger partial charge on any atom is 0.243 e. The van der Waals surface area contributed by atoms with Crippen molar-refractivity contribution < 1.29 is 16.8 Å². The monoisotopic (exact) mass is 534 g/mol. The zero-order valence-corrected chi connectivity index (χ0v) is 22.0. The Bertz CT molecular complexity index is 1300. The Morgan fingerprint density at radius 2 is 1.26 bits per heavy atom. The minimum atomic E-state index is -3.85. The van der Waals surface area contributed by atoms with Crippen molar-refractivity contribution in [3.63, 3.8) is 0 Å². The standard InChI is InChI=1S/C26H31ClN2O4S2/c27-22-4-6-23(7-5-22)34(30,31)24-2-1-3-25(15-24)35(32,33)29-10-8-28(9-11-29)26-16-19-12-20(17-26)14-21(13-19)18-26/h1-7,15,19-21H,8-14,16-18H2. The van der Waals surface area contributed by atoms with E-state index in [1.807, 2.05) is 0 Å². The molecule has 0 unspecified atom stereocenters. The first-order chi connectivity index (χ1) is 16.7. The molecule has 188 valence electrons. The van der Waals surface area contributed by atoms with Crippen molar-refractivity contribution in [1.29, 1.82) is 0 Å². The average molecular weight is 535 g/mol. The SMILES string of the molecule is O=S(=O)(c1ccc(Cl)cc1)c1cccc(S(=O)(=O)N2CCN(C34CC5CC(CC(C5)C3)C4)CC2)c1. The Morgan fingerprint density at radius 3 is 1.83 bits per heavy atom. The van der Waals surface area contributed by atoms with Gasteiger partial charge in [0.2, 0.25) is 19.9 Å². The predicted molar refractivity (Wildman–Crippen MR) is 135 cm³/mol. The third kappa shape index (κ3) is 4.15. The van der Waals surface area contributed by atoms with Crippen LogP contribution < -0.4 is 0 Å². The van der Waals surface area contributed by atoms with Gasteiger partial charge in [0.1, 0.15) is 0 Å². The van der Waals surface area contributed by atoms with E-state index >= 15 is 0 Å². The number of benzene rings is 2. The van der Waals surface area contributed by atoms with Crippen molar-refractivity contribution in [3.8, 4) is 0 Å². The van der Waals surface area contributed by atoms with Crippen LogP contribution in [0.15, 0.2) is 63.2 Å². The zero-order chi connectivity index (χ0) is 24.4. The van der Waals surface area contributed by atoms with Crippen LogP contribution in [0, 0.1) is 17.8 Å². The van der Waals surface area contributed by atoms with Crippen molar-refractivity contribution in [2.45, 2.75) is 58.8 Å². The molecule has 0 spiro atoms. The second-order valence-electron chi connectivity index (χ2n) is 11.0. The summed E-state index contributed by atoms with van der Waals surface area (Å²) in [4.78, 5) is 2.66. The quantitative estimate of drug-likeness (QED) is 0.566. The highest BCUT2D eigenvalue weighted by molar-refractivity contribution is 7.91. The number of hydrogen-bond acceptors (Lipinski definition) is 5. The first-order valence-corrected chi connectivity index (χ1v) is 15.8. The Hall–Kier alpha value is -1.45. The summed E-state index contributed by atoms with van der Waals surface area (Å²) < 4.78 is 54.7. The number of sulfone groups is 1. The fourth-order valence-corrected chi connectivity index (χ4v) is 10.5. The summed E-state index contributed by atoms with van der Waals surface area (Å²) in [7, 11) is -7.65. The number of nitrogens with zero attached hydrogens (tertiary/aromatic N) is 2. The molecular weight excluding hydrogens is 504 g/mol. The summed E-state index contributed by atoms with van der Waals surface area (Å²) in [5, 5.41) is 0.438. The van der Waals surface area contributed by atoms with E-state index in [1.165, 1.54) is 91.4 Å². The first kappa shape index (κ1) is 23.9. The van der Waals surface area contributed by atoms with Crippen LogP contribution in [0.3, 0.4) is 0 Å². The maximum absolute atomic E-state index is 13.5. The van der Waals surface area contributed by atoms with Crippen molar-refractivity contribution in [1.82, 2.24) is 9.21 Å². The zero-order valence-electron chi connectivity index (χ0n) is 19.6. The van der Waals surface area contributed by atoms with Crippen LogP contribution in [0.1, 0.15) is 38.5 Å². The Morgan fingerprint density at radius 1 is 0.714 bits per heavy atom. The molecule has 0 atom stereocenters. The highest BCUT2D eigenvalue weighted by atomic mass is 35.5. The second-order valence-corrected chi connectivity index (χ2v) is 15.3. The largest absolute Gasteiger partial charge is 0.295 e. The number of sulfonamides is 1. The number of hydrogen-bond donors (Lipinski definition) is 0. The molecule has 1 heterocycles. The molecule has 5 aliphatic rings. The molecule has 2 aromatic rings. The minimum absolute atomic E-state index is 0.0239.